The van der Waals surface area contributed by atoms with Crippen molar-refractivity contribution in [1.29, 1.82) is 0 Å². The summed E-state index contributed by atoms with van der Waals surface area (Å²) < 4.78 is 16.1. The third kappa shape index (κ3) is 2.69. The molecule has 0 bridgehead atoms. The summed E-state index contributed by atoms with van der Waals surface area (Å²) in [7, 11) is 0. The summed E-state index contributed by atoms with van der Waals surface area (Å²) in [4.78, 5) is 24.9. The van der Waals surface area contributed by atoms with E-state index in [1.54, 1.807) is 4.90 Å². The summed E-state index contributed by atoms with van der Waals surface area (Å²) in [6.45, 7) is 3.79. The zero-order valence-corrected chi connectivity index (χ0v) is 12.1. The number of hydrogen-bond acceptors (Lipinski definition) is 6. The Morgan fingerprint density at radius 1 is 1.27 bits per heavy atom. The van der Waals surface area contributed by atoms with Crippen LogP contribution in [0.3, 0.4) is 0 Å². The minimum Gasteiger partial charge on any atom is -0.486 e. The van der Waals surface area contributed by atoms with E-state index in [1.807, 2.05) is 6.92 Å². The van der Waals surface area contributed by atoms with Crippen LogP contribution in [0.1, 0.15) is 17.3 Å². The molecule has 1 saturated heterocycles. The summed E-state index contributed by atoms with van der Waals surface area (Å²) >= 11 is 0. The second-order valence-electron chi connectivity index (χ2n) is 5.20. The highest BCUT2D eigenvalue weighted by Gasteiger charge is 2.31. The van der Waals surface area contributed by atoms with Crippen LogP contribution in [0.25, 0.3) is 0 Å². The fourth-order valence-corrected chi connectivity index (χ4v) is 2.57. The highest BCUT2D eigenvalue weighted by atomic mass is 16.6. The van der Waals surface area contributed by atoms with Gasteiger partial charge in [0.05, 0.1) is 23.7 Å². The summed E-state index contributed by atoms with van der Waals surface area (Å²) in [5.41, 5.74) is -0.253. The minimum absolute atomic E-state index is 0.0170. The second kappa shape index (κ2) is 5.80. The molecule has 0 aliphatic carbocycles. The standard InChI is InChI=1S/C14H16N2O6/c1-9-8-15(2-3-20-9)14(17)10-6-12-13(22-5-4-21-12)7-11(10)16(18)19/h6-7,9H,2-5,8H2,1H3. The molecular formula is C14H16N2O6. The number of nitro benzene ring substituents is 1. The number of benzene rings is 1. The number of fused-ring (bicyclic) bond motifs is 1. The number of morpholine rings is 1. The lowest BCUT2D eigenvalue weighted by atomic mass is 10.1. The minimum atomic E-state index is -0.574. The fourth-order valence-electron chi connectivity index (χ4n) is 2.57. The van der Waals surface area contributed by atoms with Crippen molar-refractivity contribution in [3.63, 3.8) is 0 Å². The molecule has 8 nitrogen and oxygen atoms in total. The lowest BCUT2D eigenvalue weighted by Gasteiger charge is -2.31. The maximum atomic E-state index is 12.6. The van der Waals surface area contributed by atoms with Gasteiger partial charge in [0.2, 0.25) is 0 Å². The summed E-state index contributed by atoms with van der Waals surface area (Å²) in [5, 5.41) is 11.3. The molecule has 0 spiro atoms. The quantitative estimate of drug-likeness (QED) is 0.603. The molecule has 8 heteroatoms. The van der Waals surface area contributed by atoms with E-state index in [2.05, 4.69) is 0 Å². The zero-order valence-electron chi connectivity index (χ0n) is 12.1. The van der Waals surface area contributed by atoms with Crippen LogP contribution >= 0.6 is 0 Å². The Morgan fingerprint density at radius 3 is 2.59 bits per heavy atom. The summed E-state index contributed by atoms with van der Waals surface area (Å²) in [5.74, 6) is 0.269. The number of rotatable bonds is 2. The molecule has 118 valence electrons. The van der Waals surface area contributed by atoms with E-state index >= 15 is 0 Å². The monoisotopic (exact) mass is 308 g/mol. The van der Waals surface area contributed by atoms with Crippen LogP contribution in [0.15, 0.2) is 12.1 Å². The average Bonchev–Trinajstić information content (AvgIpc) is 2.52. The maximum Gasteiger partial charge on any atom is 0.286 e. The van der Waals surface area contributed by atoms with Crippen molar-refractivity contribution in [3.8, 4) is 11.5 Å². The third-order valence-corrected chi connectivity index (χ3v) is 3.62. The van der Waals surface area contributed by atoms with Gasteiger partial charge in [0.1, 0.15) is 18.8 Å². The second-order valence-corrected chi connectivity index (χ2v) is 5.20. The zero-order chi connectivity index (χ0) is 15.7. The molecule has 22 heavy (non-hydrogen) atoms. The Balaban J connectivity index is 1.97. The van der Waals surface area contributed by atoms with E-state index in [4.69, 9.17) is 14.2 Å². The molecular weight excluding hydrogens is 292 g/mol. The summed E-state index contributed by atoms with van der Waals surface area (Å²) in [6.07, 6.45) is -0.0889. The van der Waals surface area contributed by atoms with Gasteiger partial charge in [-0.3, -0.25) is 14.9 Å². The molecule has 0 N–H and O–H groups in total. The van der Waals surface area contributed by atoms with Crippen molar-refractivity contribution in [2.75, 3.05) is 32.9 Å². The Hall–Kier alpha value is -2.35. The number of amides is 1. The molecule has 1 unspecified atom stereocenters. The predicted molar refractivity (Wildman–Crippen MR) is 75.4 cm³/mol. The first-order chi connectivity index (χ1) is 10.6. The molecule has 1 fully saturated rings. The lowest BCUT2D eigenvalue weighted by molar-refractivity contribution is -0.385. The van der Waals surface area contributed by atoms with Crippen LogP contribution in [-0.2, 0) is 4.74 Å². The van der Waals surface area contributed by atoms with Crippen LogP contribution < -0.4 is 9.47 Å². The number of nitrogens with zero attached hydrogens (tertiary/aromatic N) is 2. The maximum absolute atomic E-state index is 12.6. The van der Waals surface area contributed by atoms with Crippen molar-refractivity contribution in [1.82, 2.24) is 4.90 Å². The molecule has 1 aromatic rings. The Bertz CT molecular complexity index is 618. The largest absolute Gasteiger partial charge is 0.486 e. The van der Waals surface area contributed by atoms with Crippen LogP contribution in [0, 0.1) is 10.1 Å². The molecule has 2 aliphatic rings. The van der Waals surface area contributed by atoms with Crippen molar-refractivity contribution in [2.45, 2.75) is 13.0 Å². The van der Waals surface area contributed by atoms with Crippen molar-refractivity contribution >= 4 is 11.6 Å². The van der Waals surface area contributed by atoms with E-state index in [0.717, 1.165) is 0 Å². The van der Waals surface area contributed by atoms with Crippen molar-refractivity contribution < 1.29 is 23.9 Å². The van der Waals surface area contributed by atoms with Crippen LogP contribution in [0.2, 0.25) is 0 Å². The normalized spacial score (nSPS) is 20.6. The van der Waals surface area contributed by atoms with Gasteiger partial charge >= 0.3 is 0 Å². The van der Waals surface area contributed by atoms with Crippen molar-refractivity contribution in [3.05, 3.63) is 27.8 Å². The van der Waals surface area contributed by atoms with Crippen LogP contribution in [-0.4, -0.2) is 54.7 Å². The average molecular weight is 308 g/mol. The van der Waals surface area contributed by atoms with Crippen molar-refractivity contribution in [2.24, 2.45) is 0 Å². The van der Waals surface area contributed by atoms with Gasteiger partial charge in [0, 0.05) is 19.2 Å². The predicted octanol–water partition coefficient (Wildman–Crippen LogP) is 1.23. The van der Waals surface area contributed by atoms with Gasteiger partial charge in [-0.2, -0.15) is 0 Å². The Kier molecular flexibility index (Phi) is 3.84. The fraction of sp³-hybridized carbons (Fsp3) is 0.500. The van der Waals surface area contributed by atoms with Gasteiger partial charge in [0.25, 0.3) is 11.6 Å². The van der Waals surface area contributed by atoms with Gasteiger partial charge in [-0.25, -0.2) is 0 Å². The third-order valence-electron chi connectivity index (χ3n) is 3.62. The molecule has 0 aromatic heterocycles. The van der Waals surface area contributed by atoms with E-state index in [0.29, 0.717) is 44.4 Å². The number of ether oxygens (including phenoxy) is 3. The van der Waals surface area contributed by atoms with E-state index in [1.165, 1.54) is 12.1 Å². The summed E-state index contributed by atoms with van der Waals surface area (Å²) in [6, 6.07) is 2.65. The number of carbonyl (C=O) groups is 1. The first-order valence-corrected chi connectivity index (χ1v) is 7.05. The number of hydrogen-bond donors (Lipinski definition) is 0. The SMILES string of the molecule is CC1CN(C(=O)c2cc3c(cc2[N+](=O)[O-])OCCO3)CCO1. The molecule has 2 aliphatic heterocycles. The molecule has 1 aromatic carbocycles. The molecule has 1 amide bonds. The Morgan fingerprint density at radius 2 is 1.95 bits per heavy atom. The van der Waals surface area contributed by atoms with Crippen LogP contribution in [0.4, 0.5) is 5.69 Å². The molecule has 2 heterocycles. The number of nitro groups is 1. The van der Waals surface area contributed by atoms with E-state index < -0.39 is 4.92 Å². The lowest BCUT2D eigenvalue weighted by Crippen LogP contribution is -2.44. The Labute approximate surface area is 126 Å². The topological polar surface area (TPSA) is 91.1 Å². The van der Waals surface area contributed by atoms with Gasteiger partial charge in [-0.1, -0.05) is 0 Å². The molecule has 0 saturated carbocycles. The highest BCUT2D eigenvalue weighted by Crippen LogP contribution is 2.37. The van der Waals surface area contributed by atoms with Gasteiger partial charge in [0.15, 0.2) is 11.5 Å². The van der Waals surface area contributed by atoms with E-state index in [-0.39, 0.29) is 23.3 Å². The first-order valence-electron chi connectivity index (χ1n) is 7.05. The van der Waals surface area contributed by atoms with Gasteiger partial charge in [-0.05, 0) is 6.92 Å². The smallest absolute Gasteiger partial charge is 0.286 e. The first kappa shape index (κ1) is 14.6. The van der Waals surface area contributed by atoms with Gasteiger partial charge in [-0.15, -0.1) is 0 Å². The highest BCUT2D eigenvalue weighted by molar-refractivity contribution is 5.99. The molecule has 3 rings (SSSR count). The molecule has 1 atom stereocenters. The van der Waals surface area contributed by atoms with Crippen LogP contribution in [0.5, 0.6) is 11.5 Å². The van der Waals surface area contributed by atoms with Gasteiger partial charge < -0.3 is 19.1 Å². The molecule has 0 radical (unpaired) electrons. The van der Waals surface area contributed by atoms with E-state index in [9.17, 15) is 14.9 Å². The number of carbonyl (C=O) groups excluding carboxylic acids is 1.